The van der Waals surface area contributed by atoms with Gasteiger partial charge < -0.3 is 20.3 Å². The number of fused-ring (bicyclic) bond motifs is 1. The first-order valence-electron chi connectivity index (χ1n) is 8.75. The Hall–Kier alpha value is -1.75. The van der Waals surface area contributed by atoms with Gasteiger partial charge in [0.15, 0.2) is 0 Å². The van der Waals surface area contributed by atoms with Gasteiger partial charge >= 0.3 is 0 Å². The Balaban J connectivity index is 1.43. The molecule has 3 atom stereocenters. The van der Waals surface area contributed by atoms with Gasteiger partial charge in [0.1, 0.15) is 11.9 Å². The van der Waals surface area contributed by atoms with Crippen molar-refractivity contribution in [1.29, 1.82) is 0 Å². The van der Waals surface area contributed by atoms with Gasteiger partial charge in [-0.15, -0.1) is 0 Å². The summed E-state index contributed by atoms with van der Waals surface area (Å²) in [7, 11) is 2.14. The molecule has 0 aliphatic carbocycles. The molecule has 4 rings (SSSR count). The fraction of sp³-hybridized carbons (Fsp3) is 0.611. The Kier molecular flexibility index (Phi) is 3.89. The van der Waals surface area contributed by atoms with Gasteiger partial charge in [-0.1, -0.05) is 6.07 Å². The molecule has 0 amide bonds. The number of likely N-dealkylation sites (N-methyl/N-ethyl adjacent to an activating group) is 1. The molecule has 5 nitrogen and oxygen atoms in total. The van der Waals surface area contributed by atoms with Crippen molar-refractivity contribution in [2.45, 2.75) is 43.9 Å². The molecule has 2 fully saturated rings. The highest BCUT2D eigenvalue weighted by Crippen LogP contribution is 2.32. The lowest BCUT2D eigenvalue weighted by atomic mass is 10.1. The maximum absolute atomic E-state index is 5.95. The zero-order valence-corrected chi connectivity index (χ0v) is 13.8. The summed E-state index contributed by atoms with van der Waals surface area (Å²) < 4.78 is 5.53. The van der Waals surface area contributed by atoms with Crippen molar-refractivity contribution >= 4 is 17.2 Å². The van der Waals surface area contributed by atoms with Crippen LogP contribution in [0.5, 0.6) is 0 Å². The molecule has 2 saturated heterocycles. The van der Waals surface area contributed by atoms with Crippen molar-refractivity contribution in [1.82, 2.24) is 0 Å². The molecule has 3 aliphatic rings. The van der Waals surface area contributed by atoms with E-state index in [1.807, 2.05) is 0 Å². The van der Waals surface area contributed by atoms with Crippen molar-refractivity contribution in [3.8, 4) is 0 Å². The average molecular weight is 314 g/mol. The Morgan fingerprint density at radius 2 is 2.13 bits per heavy atom. The number of aliphatic imine (C=N–C) groups is 1. The molecular weight excluding hydrogens is 288 g/mol. The number of nitrogens with zero attached hydrogens (tertiary/aromatic N) is 3. The zero-order valence-electron chi connectivity index (χ0n) is 13.8. The van der Waals surface area contributed by atoms with E-state index in [1.54, 1.807) is 0 Å². The van der Waals surface area contributed by atoms with E-state index in [0.29, 0.717) is 11.9 Å². The van der Waals surface area contributed by atoms with E-state index in [2.05, 4.69) is 46.1 Å². The number of amidine groups is 1. The maximum atomic E-state index is 5.95. The van der Waals surface area contributed by atoms with E-state index in [4.69, 9.17) is 10.5 Å². The minimum Gasteiger partial charge on any atom is -0.385 e. The van der Waals surface area contributed by atoms with E-state index in [0.717, 1.165) is 13.0 Å². The van der Waals surface area contributed by atoms with Crippen LogP contribution in [0.15, 0.2) is 29.3 Å². The van der Waals surface area contributed by atoms with Gasteiger partial charge in [0.25, 0.3) is 0 Å². The number of rotatable bonds is 4. The summed E-state index contributed by atoms with van der Waals surface area (Å²) in [5.41, 5.74) is 8.54. The molecular formula is C18H26N4O. The molecule has 0 spiro atoms. The van der Waals surface area contributed by atoms with Gasteiger partial charge in [0, 0.05) is 44.5 Å². The van der Waals surface area contributed by atoms with Crippen LogP contribution in [0.3, 0.4) is 0 Å². The first-order valence-corrected chi connectivity index (χ1v) is 8.75. The third-order valence-corrected chi connectivity index (χ3v) is 5.19. The molecule has 2 N–H and O–H groups in total. The molecule has 0 radical (unpaired) electrons. The summed E-state index contributed by atoms with van der Waals surface area (Å²) in [4.78, 5) is 9.39. The van der Waals surface area contributed by atoms with Crippen molar-refractivity contribution in [2.24, 2.45) is 10.7 Å². The van der Waals surface area contributed by atoms with Gasteiger partial charge in [-0.2, -0.15) is 0 Å². The second kappa shape index (κ2) is 6.04. The van der Waals surface area contributed by atoms with Crippen LogP contribution < -0.4 is 15.5 Å². The number of piperidine rings is 1. The van der Waals surface area contributed by atoms with Crippen LogP contribution in [-0.4, -0.2) is 50.8 Å². The van der Waals surface area contributed by atoms with Crippen LogP contribution in [0.2, 0.25) is 0 Å². The van der Waals surface area contributed by atoms with E-state index >= 15 is 0 Å². The number of anilines is 2. The first-order chi connectivity index (χ1) is 11.2. The van der Waals surface area contributed by atoms with Crippen LogP contribution in [0.4, 0.5) is 11.4 Å². The number of benzene rings is 1. The molecule has 1 aromatic carbocycles. The van der Waals surface area contributed by atoms with Gasteiger partial charge in [-0.25, -0.2) is 0 Å². The highest BCUT2D eigenvalue weighted by molar-refractivity contribution is 5.88. The van der Waals surface area contributed by atoms with E-state index in [1.165, 1.54) is 43.7 Å². The van der Waals surface area contributed by atoms with Crippen LogP contribution >= 0.6 is 0 Å². The fourth-order valence-electron chi connectivity index (χ4n) is 3.80. The summed E-state index contributed by atoms with van der Waals surface area (Å²) in [5.74, 6) is 0.682. The third kappa shape index (κ3) is 3.15. The number of epoxide rings is 1. The van der Waals surface area contributed by atoms with Crippen LogP contribution in [-0.2, 0) is 4.74 Å². The average Bonchev–Trinajstić information content (AvgIpc) is 3.36. The molecule has 23 heavy (non-hydrogen) atoms. The summed E-state index contributed by atoms with van der Waals surface area (Å²) in [5, 5.41) is 0. The lowest BCUT2D eigenvalue weighted by molar-refractivity contribution is 0.378. The smallest absolute Gasteiger partial charge is 0.141 e. The van der Waals surface area contributed by atoms with Crippen molar-refractivity contribution in [3.63, 3.8) is 0 Å². The van der Waals surface area contributed by atoms with Crippen LogP contribution in [0.1, 0.15) is 25.7 Å². The van der Waals surface area contributed by atoms with E-state index in [9.17, 15) is 0 Å². The summed E-state index contributed by atoms with van der Waals surface area (Å²) >= 11 is 0. The largest absolute Gasteiger partial charge is 0.385 e. The molecule has 124 valence electrons. The third-order valence-electron chi connectivity index (χ3n) is 5.19. The monoisotopic (exact) mass is 314 g/mol. The highest BCUT2D eigenvalue weighted by atomic mass is 16.6. The number of ether oxygens (including phenoxy) is 1. The molecule has 0 saturated carbocycles. The van der Waals surface area contributed by atoms with Crippen LogP contribution in [0, 0.1) is 0 Å². The summed E-state index contributed by atoms with van der Waals surface area (Å²) in [6, 6.07) is 9.11. The molecule has 3 aliphatic heterocycles. The zero-order chi connectivity index (χ0) is 15.8. The predicted octanol–water partition coefficient (Wildman–Crippen LogP) is 2.01. The van der Waals surface area contributed by atoms with E-state index < -0.39 is 0 Å². The second-order valence-corrected chi connectivity index (χ2v) is 6.99. The summed E-state index contributed by atoms with van der Waals surface area (Å²) in [6.45, 7) is 3.24. The SMILES string of the molecule is CN(C[C@H]1CC2OC2C(N)=N1)c1cccc(N2CCCCC2)c1. The topological polar surface area (TPSA) is 57.4 Å². The van der Waals surface area contributed by atoms with E-state index in [-0.39, 0.29) is 12.1 Å². The molecule has 1 aromatic rings. The minimum absolute atomic E-state index is 0.110. The number of hydrogen-bond acceptors (Lipinski definition) is 5. The Morgan fingerprint density at radius 3 is 2.91 bits per heavy atom. The Bertz CT molecular complexity index is 596. The Morgan fingerprint density at radius 1 is 1.30 bits per heavy atom. The van der Waals surface area contributed by atoms with Crippen LogP contribution in [0.25, 0.3) is 0 Å². The number of hydrogen-bond donors (Lipinski definition) is 1. The van der Waals surface area contributed by atoms with Gasteiger partial charge in [0.2, 0.25) is 0 Å². The lowest BCUT2D eigenvalue weighted by Crippen LogP contribution is -2.36. The van der Waals surface area contributed by atoms with Gasteiger partial charge in [-0.05, 0) is 37.5 Å². The van der Waals surface area contributed by atoms with Crippen molar-refractivity contribution in [2.75, 3.05) is 36.5 Å². The maximum Gasteiger partial charge on any atom is 0.141 e. The minimum atomic E-state index is 0.110. The quantitative estimate of drug-likeness (QED) is 0.864. The molecule has 5 heteroatoms. The lowest BCUT2D eigenvalue weighted by Gasteiger charge is -2.30. The Labute approximate surface area is 138 Å². The predicted molar refractivity (Wildman–Crippen MR) is 94.5 cm³/mol. The normalized spacial score (nSPS) is 29.7. The molecule has 3 heterocycles. The summed E-state index contributed by atoms with van der Waals surface area (Å²) in [6.07, 6.45) is 5.38. The van der Waals surface area contributed by atoms with Crippen molar-refractivity contribution < 1.29 is 4.74 Å². The molecule has 0 aromatic heterocycles. The highest BCUT2D eigenvalue weighted by Gasteiger charge is 2.46. The standard InChI is InChI=1S/C18H26N4O/c1-21(12-13-10-16-17(23-16)18(19)20-13)14-6-5-7-15(11-14)22-8-3-2-4-9-22/h5-7,11,13,16-17H,2-4,8-10,12H2,1H3,(H2,19,20)/t13-,16?,17?/m1/s1. The first kappa shape index (κ1) is 14.8. The van der Waals surface area contributed by atoms with Gasteiger partial charge in [0.05, 0.1) is 12.1 Å². The fourth-order valence-corrected chi connectivity index (χ4v) is 3.80. The van der Waals surface area contributed by atoms with Crippen molar-refractivity contribution in [3.05, 3.63) is 24.3 Å². The van der Waals surface area contributed by atoms with Gasteiger partial charge in [-0.3, -0.25) is 4.99 Å². The molecule has 0 bridgehead atoms. The number of nitrogens with two attached hydrogens (primary N) is 1. The second-order valence-electron chi connectivity index (χ2n) is 6.99. The molecule has 2 unspecified atom stereocenters.